The number of benzene rings is 7. The first-order valence-electron chi connectivity index (χ1n) is 22.5. The topological polar surface area (TPSA) is 0 Å². The minimum atomic E-state index is -0.525. The van der Waals surface area contributed by atoms with Crippen molar-refractivity contribution in [3.05, 3.63) is 190 Å². The molecule has 296 valence electrons. The third-order valence-corrected chi connectivity index (χ3v) is 18.0. The van der Waals surface area contributed by atoms with Crippen LogP contribution in [0.15, 0.2) is 146 Å². The number of aryl methyl sites for hydroxylation is 6. The zero-order chi connectivity index (χ0) is 40.9. The molecule has 12 rings (SSSR count). The maximum absolute atomic E-state index is 2.56. The molecule has 2 atom stereocenters. The van der Waals surface area contributed by atoms with Crippen LogP contribution in [0, 0.1) is 53.4 Å². The van der Waals surface area contributed by atoms with Gasteiger partial charge in [0.05, 0.1) is 0 Å². The van der Waals surface area contributed by atoms with E-state index in [0.717, 1.165) is 11.8 Å². The fourth-order valence-electron chi connectivity index (χ4n) is 13.8. The summed E-state index contributed by atoms with van der Waals surface area (Å²) in [5, 5.41) is 7.37. The summed E-state index contributed by atoms with van der Waals surface area (Å²) in [7, 11) is -0.525. The molecule has 4 fully saturated rings. The summed E-state index contributed by atoms with van der Waals surface area (Å²) in [5.41, 5.74) is 18.8. The largest absolute Gasteiger partial charge is 0.242 e. The van der Waals surface area contributed by atoms with E-state index < -0.39 is 7.53 Å². The average molecular weight is 795 g/mol. The Morgan fingerprint density at radius 3 is 1.43 bits per heavy atom. The second kappa shape index (κ2) is 14.2. The van der Waals surface area contributed by atoms with Gasteiger partial charge >= 0.3 is 0 Å². The third-order valence-electron chi connectivity index (χ3n) is 15.5. The highest BCUT2D eigenvalue weighted by molar-refractivity contribution is 7.67. The van der Waals surface area contributed by atoms with E-state index in [4.69, 9.17) is 0 Å². The molecule has 4 aliphatic carbocycles. The first-order valence-corrected chi connectivity index (χ1v) is 23.9. The highest BCUT2D eigenvalue weighted by Gasteiger charge is 2.58. The molecule has 2 heteroatoms. The summed E-state index contributed by atoms with van der Waals surface area (Å²) in [4.78, 5) is 0. The van der Waals surface area contributed by atoms with E-state index in [9.17, 15) is 0 Å². The maximum atomic E-state index is 2.56. The summed E-state index contributed by atoms with van der Waals surface area (Å²) in [6.45, 7) is 13.9. The van der Waals surface area contributed by atoms with Crippen molar-refractivity contribution >= 4 is 51.6 Å². The summed E-state index contributed by atoms with van der Waals surface area (Å²) in [5.74, 6) is 1.64. The molecule has 0 saturated heterocycles. The van der Waals surface area contributed by atoms with Crippen molar-refractivity contribution in [3.63, 3.8) is 0 Å². The molecular formula is C58H56BP. The van der Waals surface area contributed by atoms with Crippen LogP contribution < -0.4 is 16.4 Å². The third kappa shape index (κ3) is 6.10. The van der Waals surface area contributed by atoms with Gasteiger partial charge in [0.25, 0.3) is 0 Å². The Labute approximate surface area is 359 Å². The van der Waals surface area contributed by atoms with Crippen LogP contribution in [0.1, 0.15) is 83.0 Å². The molecule has 4 aliphatic rings. The maximum Gasteiger partial charge on any atom is 0.242 e. The number of fused-ring (bicyclic) bond motifs is 3. The molecule has 1 aromatic heterocycles. The van der Waals surface area contributed by atoms with Crippen LogP contribution in [-0.2, 0) is 10.8 Å². The van der Waals surface area contributed by atoms with Crippen molar-refractivity contribution in [1.82, 2.24) is 0 Å². The van der Waals surface area contributed by atoms with Gasteiger partial charge in [-0.2, -0.15) is 0 Å². The molecular weight excluding hydrogens is 738 g/mol. The summed E-state index contributed by atoms with van der Waals surface area (Å²) < 4.78 is 0. The van der Waals surface area contributed by atoms with Crippen molar-refractivity contribution < 1.29 is 0 Å². The molecule has 0 N–H and O–H groups in total. The monoisotopic (exact) mass is 794 g/mol. The first-order chi connectivity index (χ1) is 29.1. The fraction of sp³-hybridized carbons (Fsp3) is 0.276. The zero-order valence-corrected chi connectivity index (χ0v) is 37.2. The molecule has 4 saturated carbocycles. The summed E-state index contributed by atoms with van der Waals surface area (Å²) in [6, 6.07) is 57.3. The molecule has 0 spiro atoms. The van der Waals surface area contributed by atoms with Crippen LogP contribution in [0.3, 0.4) is 0 Å². The van der Waals surface area contributed by atoms with Gasteiger partial charge in [-0.15, -0.1) is 0 Å². The van der Waals surface area contributed by atoms with Gasteiger partial charge in [0, 0.05) is 10.2 Å². The van der Waals surface area contributed by atoms with E-state index in [1.807, 2.05) is 0 Å². The lowest BCUT2D eigenvalue weighted by atomic mass is 9.34. The predicted molar refractivity (Wildman–Crippen MR) is 261 cm³/mol. The normalized spacial score (nSPS) is 21.9. The molecule has 2 unspecified atom stereocenters. The van der Waals surface area contributed by atoms with Crippen LogP contribution in [0.5, 0.6) is 0 Å². The van der Waals surface area contributed by atoms with Crippen LogP contribution in [-0.4, -0.2) is 6.71 Å². The predicted octanol–water partition coefficient (Wildman–Crippen LogP) is 13.8. The van der Waals surface area contributed by atoms with E-state index in [1.165, 1.54) is 126 Å². The lowest BCUT2D eigenvalue weighted by Crippen LogP contribution is -2.56. The molecule has 0 nitrogen and oxygen atoms in total. The summed E-state index contributed by atoms with van der Waals surface area (Å²) >= 11 is 0. The van der Waals surface area contributed by atoms with E-state index in [2.05, 4.69) is 187 Å². The Hall–Kier alpha value is -5.10. The van der Waals surface area contributed by atoms with E-state index in [1.54, 1.807) is 11.1 Å². The minimum Gasteiger partial charge on any atom is -0.0772 e. The van der Waals surface area contributed by atoms with Gasteiger partial charge in [-0.25, -0.2) is 0 Å². The average Bonchev–Trinajstić information content (AvgIpc) is 3.57. The molecule has 60 heavy (non-hydrogen) atoms. The van der Waals surface area contributed by atoms with Crippen molar-refractivity contribution in [3.8, 4) is 16.4 Å². The van der Waals surface area contributed by atoms with Crippen LogP contribution in [0.2, 0.25) is 0 Å². The Kier molecular flexibility index (Phi) is 8.99. The second-order valence-electron chi connectivity index (χ2n) is 19.7. The van der Waals surface area contributed by atoms with Gasteiger partial charge in [-0.05, 0) is 141 Å². The van der Waals surface area contributed by atoms with Crippen molar-refractivity contribution in [2.24, 2.45) is 11.8 Å². The standard InChI is InChI=1S/C58H56BP/c1-37-26-39(3)55(40(4)27-37)59(56-41(5)28-38(2)29-42(56)6)49-13-11-12-46(31-49)45-18-20-47(21-19-45)57-32-43-30-44(33-57)35-58(34-43,36-57)48-22-24-50(25-23-48)60-53-16-9-7-14-51(53)52-15-8-10-17-54(52)60/h7-29,31,43-44H,30,32-36H2,1-6H3. The minimum absolute atomic E-state index is 0.175. The smallest absolute Gasteiger partial charge is 0.0772 e. The SMILES string of the molecule is Cc1cc(C)c(B(c2cccc(-c3ccc(C45CC6CC(C4)CC(c4ccc(-p7c8ccccc8c8ccccc87)cc4)(C6)C5)cc3)c2)c2c(C)cc(C)cc2C)c(C)c1. The van der Waals surface area contributed by atoms with Gasteiger partial charge in [0.2, 0.25) is 6.71 Å². The lowest BCUT2D eigenvalue weighted by Gasteiger charge is -2.63. The van der Waals surface area contributed by atoms with Crippen LogP contribution in [0.4, 0.5) is 0 Å². The Balaban J connectivity index is 0.923. The van der Waals surface area contributed by atoms with Gasteiger partial charge in [-0.3, -0.25) is 0 Å². The summed E-state index contributed by atoms with van der Waals surface area (Å²) in [6.07, 6.45) is 8.13. The lowest BCUT2D eigenvalue weighted by molar-refractivity contribution is -0.0281. The van der Waals surface area contributed by atoms with Crippen LogP contribution >= 0.6 is 7.53 Å². The van der Waals surface area contributed by atoms with Gasteiger partial charge in [0.1, 0.15) is 0 Å². The molecule has 7 aromatic carbocycles. The Morgan fingerprint density at radius 2 is 0.933 bits per heavy atom. The second-order valence-corrected chi connectivity index (χ2v) is 21.8. The molecule has 1 heterocycles. The molecule has 0 aliphatic heterocycles. The van der Waals surface area contributed by atoms with Gasteiger partial charge in [-0.1, -0.05) is 203 Å². The molecule has 8 aromatic rings. The highest BCUT2D eigenvalue weighted by Crippen LogP contribution is 2.66. The number of rotatable bonds is 7. The fourth-order valence-corrected chi connectivity index (χ4v) is 16.4. The molecule has 0 amide bonds. The highest BCUT2D eigenvalue weighted by atomic mass is 31.1. The van der Waals surface area contributed by atoms with E-state index >= 15 is 0 Å². The first kappa shape index (κ1) is 37.9. The van der Waals surface area contributed by atoms with E-state index in [-0.39, 0.29) is 17.5 Å². The van der Waals surface area contributed by atoms with Crippen molar-refractivity contribution in [2.45, 2.75) is 90.9 Å². The molecule has 4 bridgehead atoms. The van der Waals surface area contributed by atoms with Crippen LogP contribution in [0.25, 0.3) is 37.4 Å². The zero-order valence-electron chi connectivity index (χ0n) is 36.3. The van der Waals surface area contributed by atoms with E-state index in [0.29, 0.717) is 0 Å². The van der Waals surface area contributed by atoms with Gasteiger partial charge in [0.15, 0.2) is 0 Å². The van der Waals surface area contributed by atoms with Gasteiger partial charge < -0.3 is 0 Å². The Morgan fingerprint density at radius 1 is 0.467 bits per heavy atom. The van der Waals surface area contributed by atoms with Crippen molar-refractivity contribution in [2.75, 3.05) is 0 Å². The molecule has 0 radical (unpaired) electrons. The quantitative estimate of drug-likeness (QED) is 0.141. The number of hydrogen-bond donors (Lipinski definition) is 0. The van der Waals surface area contributed by atoms with Crippen molar-refractivity contribution in [1.29, 1.82) is 0 Å². The Bertz CT molecular complexity index is 2790. The number of hydrogen-bond acceptors (Lipinski definition) is 0.